The number of hydrogen-bond acceptors (Lipinski definition) is 3. The minimum Gasteiger partial charge on any atom is -0.343 e. The van der Waals surface area contributed by atoms with Crippen LogP contribution in [-0.4, -0.2) is 12.0 Å². The van der Waals surface area contributed by atoms with Crippen molar-refractivity contribution in [2.45, 2.75) is 13.0 Å². The molecule has 0 saturated carbocycles. The lowest BCUT2D eigenvalue weighted by Gasteiger charge is -2.19. The molecule has 1 atom stereocenters. The zero-order valence-corrected chi connectivity index (χ0v) is 10.2. The van der Waals surface area contributed by atoms with E-state index in [1.165, 1.54) is 0 Å². The summed E-state index contributed by atoms with van der Waals surface area (Å²) in [5.41, 5.74) is 8.88. The molecule has 3 nitrogen and oxygen atoms in total. The molecule has 3 heteroatoms. The van der Waals surface area contributed by atoms with Gasteiger partial charge in [-0.3, -0.25) is 4.98 Å². The van der Waals surface area contributed by atoms with Crippen molar-refractivity contribution < 1.29 is 0 Å². The van der Waals surface area contributed by atoms with Crippen molar-refractivity contribution in [2.24, 2.45) is 5.73 Å². The first-order valence-corrected chi connectivity index (χ1v) is 5.69. The molecule has 17 heavy (non-hydrogen) atoms. The molecule has 0 amide bonds. The summed E-state index contributed by atoms with van der Waals surface area (Å²) in [7, 11) is 2.03. The van der Waals surface area contributed by atoms with E-state index in [2.05, 4.69) is 22.0 Å². The fraction of sp³-hybridized carbons (Fsp3) is 0.214. The molecule has 2 rings (SSSR count). The third-order valence-electron chi connectivity index (χ3n) is 2.77. The number of rotatable bonds is 3. The average Bonchev–Trinajstić information content (AvgIpc) is 2.39. The Morgan fingerprint density at radius 3 is 2.29 bits per heavy atom. The lowest BCUT2D eigenvalue weighted by molar-refractivity contribution is 0.781. The third kappa shape index (κ3) is 2.63. The molecule has 1 heterocycles. The summed E-state index contributed by atoms with van der Waals surface area (Å²) in [6.45, 7) is 1.93. The topological polar surface area (TPSA) is 42.1 Å². The van der Waals surface area contributed by atoms with E-state index in [4.69, 9.17) is 5.73 Å². The average molecular weight is 227 g/mol. The second-order valence-electron chi connectivity index (χ2n) is 4.12. The largest absolute Gasteiger partial charge is 0.343 e. The highest BCUT2D eigenvalue weighted by molar-refractivity contribution is 5.61. The Bertz CT molecular complexity index is 463. The molecule has 88 valence electrons. The van der Waals surface area contributed by atoms with Crippen LogP contribution in [0.15, 0.2) is 48.7 Å². The number of anilines is 2. The molecule has 0 radical (unpaired) electrons. The number of para-hydroxylation sites is 1. The number of nitrogens with two attached hydrogens (primary N) is 1. The van der Waals surface area contributed by atoms with Crippen LogP contribution < -0.4 is 10.6 Å². The number of hydrogen-bond donors (Lipinski definition) is 1. The van der Waals surface area contributed by atoms with Gasteiger partial charge in [0.05, 0.1) is 17.6 Å². The predicted molar refractivity (Wildman–Crippen MR) is 71.3 cm³/mol. The van der Waals surface area contributed by atoms with Crippen LogP contribution in [0.4, 0.5) is 11.4 Å². The van der Waals surface area contributed by atoms with Gasteiger partial charge in [-0.05, 0) is 31.2 Å². The highest BCUT2D eigenvalue weighted by Gasteiger charge is 2.05. The van der Waals surface area contributed by atoms with Crippen LogP contribution >= 0.6 is 0 Å². The summed E-state index contributed by atoms with van der Waals surface area (Å²) in [5, 5.41) is 0. The van der Waals surface area contributed by atoms with E-state index in [0.29, 0.717) is 0 Å². The van der Waals surface area contributed by atoms with Gasteiger partial charge in [-0.2, -0.15) is 0 Å². The highest BCUT2D eigenvalue weighted by Crippen LogP contribution is 2.22. The predicted octanol–water partition coefficient (Wildman–Crippen LogP) is 2.87. The van der Waals surface area contributed by atoms with E-state index in [9.17, 15) is 0 Å². The molecular weight excluding hydrogens is 210 g/mol. The summed E-state index contributed by atoms with van der Waals surface area (Å²) in [4.78, 5) is 6.45. The Labute approximate surface area is 102 Å². The van der Waals surface area contributed by atoms with E-state index in [0.717, 1.165) is 17.1 Å². The summed E-state index contributed by atoms with van der Waals surface area (Å²) < 4.78 is 0. The van der Waals surface area contributed by atoms with Crippen molar-refractivity contribution >= 4 is 11.4 Å². The van der Waals surface area contributed by atoms with E-state index in [1.54, 1.807) is 0 Å². The summed E-state index contributed by atoms with van der Waals surface area (Å²) in [5.74, 6) is 0. The smallest absolute Gasteiger partial charge is 0.0594 e. The second kappa shape index (κ2) is 4.97. The van der Waals surface area contributed by atoms with Gasteiger partial charge in [0.25, 0.3) is 0 Å². The van der Waals surface area contributed by atoms with Crippen molar-refractivity contribution in [3.05, 3.63) is 54.4 Å². The maximum atomic E-state index is 5.77. The maximum Gasteiger partial charge on any atom is 0.0594 e. The first-order valence-electron chi connectivity index (χ1n) is 5.69. The molecule has 0 saturated heterocycles. The van der Waals surface area contributed by atoms with Gasteiger partial charge < -0.3 is 10.6 Å². The molecule has 2 N–H and O–H groups in total. The molecule has 0 aliphatic heterocycles. The lowest BCUT2D eigenvalue weighted by Crippen LogP contribution is -2.11. The quantitative estimate of drug-likeness (QED) is 0.876. The molecule has 0 aliphatic carbocycles. The van der Waals surface area contributed by atoms with Crippen LogP contribution in [0.5, 0.6) is 0 Å². The van der Waals surface area contributed by atoms with Crippen LogP contribution in [0.25, 0.3) is 0 Å². The summed E-state index contributed by atoms with van der Waals surface area (Å²) in [6.07, 6.45) is 1.85. The number of nitrogens with zero attached hydrogens (tertiary/aromatic N) is 2. The number of aromatic nitrogens is 1. The molecule has 1 aromatic heterocycles. The molecule has 2 aromatic rings. The second-order valence-corrected chi connectivity index (χ2v) is 4.12. The summed E-state index contributed by atoms with van der Waals surface area (Å²) in [6, 6.07) is 14.2. The maximum absolute atomic E-state index is 5.77. The van der Waals surface area contributed by atoms with Crippen molar-refractivity contribution in [1.29, 1.82) is 0 Å². The Hall–Kier alpha value is -1.87. The Morgan fingerprint density at radius 1 is 1.06 bits per heavy atom. The van der Waals surface area contributed by atoms with E-state index in [1.807, 2.05) is 50.5 Å². The molecule has 0 fully saturated rings. The Kier molecular flexibility index (Phi) is 3.40. The zero-order valence-electron chi connectivity index (χ0n) is 10.2. The van der Waals surface area contributed by atoms with Crippen molar-refractivity contribution in [1.82, 2.24) is 4.98 Å². The van der Waals surface area contributed by atoms with E-state index < -0.39 is 0 Å². The van der Waals surface area contributed by atoms with Gasteiger partial charge in [-0.15, -0.1) is 0 Å². The van der Waals surface area contributed by atoms with E-state index >= 15 is 0 Å². The minimum atomic E-state index is -0.0221. The van der Waals surface area contributed by atoms with Crippen molar-refractivity contribution in [3.63, 3.8) is 0 Å². The molecule has 1 unspecified atom stereocenters. The Morgan fingerprint density at radius 2 is 1.76 bits per heavy atom. The zero-order chi connectivity index (χ0) is 12.3. The SMILES string of the molecule is CC(N)c1ccc(N(C)c2ccccc2)cn1. The first kappa shape index (κ1) is 11.6. The van der Waals surface area contributed by atoms with Crippen molar-refractivity contribution in [2.75, 3.05) is 11.9 Å². The van der Waals surface area contributed by atoms with Gasteiger partial charge in [-0.25, -0.2) is 0 Å². The normalized spacial score (nSPS) is 12.2. The van der Waals surface area contributed by atoms with Crippen LogP contribution in [0.2, 0.25) is 0 Å². The number of benzene rings is 1. The Balaban J connectivity index is 2.23. The minimum absolute atomic E-state index is 0.0221. The molecule has 0 aliphatic rings. The third-order valence-corrected chi connectivity index (χ3v) is 2.77. The highest BCUT2D eigenvalue weighted by atomic mass is 15.1. The monoisotopic (exact) mass is 227 g/mol. The van der Waals surface area contributed by atoms with Gasteiger partial charge in [0.1, 0.15) is 0 Å². The summed E-state index contributed by atoms with van der Waals surface area (Å²) >= 11 is 0. The van der Waals surface area contributed by atoms with Crippen LogP contribution in [0.3, 0.4) is 0 Å². The van der Waals surface area contributed by atoms with Gasteiger partial charge in [0, 0.05) is 18.8 Å². The van der Waals surface area contributed by atoms with Gasteiger partial charge >= 0.3 is 0 Å². The molecular formula is C14H17N3. The fourth-order valence-corrected chi connectivity index (χ4v) is 1.67. The molecule has 1 aromatic carbocycles. The van der Waals surface area contributed by atoms with Gasteiger partial charge in [0.2, 0.25) is 0 Å². The molecule has 0 bridgehead atoms. The van der Waals surface area contributed by atoms with E-state index in [-0.39, 0.29) is 6.04 Å². The van der Waals surface area contributed by atoms with Crippen LogP contribution in [-0.2, 0) is 0 Å². The number of pyridine rings is 1. The van der Waals surface area contributed by atoms with Gasteiger partial charge in [0.15, 0.2) is 0 Å². The fourth-order valence-electron chi connectivity index (χ4n) is 1.67. The standard InChI is InChI=1S/C14H17N3/c1-11(15)14-9-8-13(10-16-14)17(2)12-6-4-3-5-7-12/h3-11H,15H2,1-2H3. The van der Waals surface area contributed by atoms with Crippen LogP contribution in [0.1, 0.15) is 18.7 Å². The molecule has 0 spiro atoms. The van der Waals surface area contributed by atoms with Gasteiger partial charge in [-0.1, -0.05) is 18.2 Å². The van der Waals surface area contributed by atoms with Crippen LogP contribution in [0, 0.1) is 0 Å². The van der Waals surface area contributed by atoms with Crippen molar-refractivity contribution in [3.8, 4) is 0 Å². The first-order chi connectivity index (χ1) is 8.18. The lowest BCUT2D eigenvalue weighted by atomic mass is 10.2.